The highest BCUT2D eigenvalue weighted by Crippen LogP contribution is 2.45. The number of ether oxygens (including phenoxy) is 2. The lowest BCUT2D eigenvalue weighted by Crippen LogP contribution is -2.26. The zero-order valence-electron chi connectivity index (χ0n) is 17.1. The highest BCUT2D eigenvalue weighted by molar-refractivity contribution is 5.26. The van der Waals surface area contributed by atoms with Crippen molar-refractivity contribution in [1.29, 1.82) is 0 Å². The molecule has 2 nitrogen and oxygen atoms in total. The molecule has 0 N–H and O–H groups in total. The van der Waals surface area contributed by atoms with Gasteiger partial charge in [0.1, 0.15) is 0 Å². The van der Waals surface area contributed by atoms with Gasteiger partial charge in [0.15, 0.2) is 6.29 Å². The summed E-state index contributed by atoms with van der Waals surface area (Å²) in [5.74, 6) is 1.29. The first-order valence-electron chi connectivity index (χ1n) is 11.0. The summed E-state index contributed by atoms with van der Waals surface area (Å²) in [6, 6.07) is 9.08. The number of benzene rings is 1. The van der Waals surface area contributed by atoms with Gasteiger partial charge in [-0.15, -0.1) is 0 Å². The average Bonchev–Trinajstić information content (AvgIpc) is 2.69. The Morgan fingerprint density at radius 2 is 1.54 bits per heavy atom. The molecular weight excluding hydrogens is 320 g/mol. The number of hydrogen-bond donors (Lipinski definition) is 0. The fourth-order valence-corrected chi connectivity index (χ4v) is 4.60. The van der Waals surface area contributed by atoms with Crippen LogP contribution >= 0.6 is 0 Å². The number of hydrogen-bond acceptors (Lipinski definition) is 2. The standard InChI is InChI=1S/C24H38O2/c1-4-6-7-14-24(3)15-12-21(13-16-24)20-8-10-22(11-9-20)23-25-17-19(5-2)18-26-23/h8-11,19,21,23H,4-7,12-18H2,1-3H3. The first-order valence-corrected chi connectivity index (χ1v) is 11.0. The Labute approximate surface area is 160 Å². The minimum absolute atomic E-state index is 0.167. The zero-order chi connectivity index (χ0) is 18.4. The minimum atomic E-state index is -0.167. The van der Waals surface area contributed by atoms with Crippen LogP contribution < -0.4 is 0 Å². The third kappa shape index (κ3) is 5.10. The van der Waals surface area contributed by atoms with E-state index in [1.165, 1.54) is 62.5 Å². The molecule has 2 aliphatic rings. The van der Waals surface area contributed by atoms with Crippen molar-refractivity contribution >= 4 is 0 Å². The second kappa shape index (κ2) is 9.37. The van der Waals surface area contributed by atoms with E-state index in [-0.39, 0.29) is 6.29 Å². The van der Waals surface area contributed by atoms with Crippen molar-refractivity contribution in [1.82, 2.24) is 0 Å². The molecule has 1 aliphatic heterocycles. The average molecular weight is 359 g/mol. The Morgan fingerprint density at radius 3 is 2.12 bits per heavy atom. The lowest BCUT2D eigenvalue weighted by molar-refractivity contribution is -0.205. The Balaban J connectivity index is 1.50. The lowest BCUT2D eigenvalue weighted by atomic mass is 9.68. The Hall–Kier alpha value is -0.860. The third-order valence-electron chi connectivity index (χ3n) is 6.80. The molecule has 1 aliphatic carbocycles. The van der Waals surface area contributed by atoms with Crippen LogP contribution in [0.4, 0.5) is 0 Å². The molecule has 2 fully saturated rings. The topological polar surface area (TPSA) is 18.5 Å². The summed E-state index contributed by atoms with van der Waals surface area (Å²) < 4.78 is 11.8. The molecule has 0 radical (unpaired) electrons. The van der Waals surface area contributed by atoms with E-state index >= 15 is 0 Å². The Bertz CT molecular complexity index is 520. The summed E-state index contributed by atoms with van der Waals surface area (Å²) in [5.41, 5.74) is 3.26. The van der Waals surface area contributed by atoms with Crippen LogP contribution in [0.25, 0.3) is 0 Å². The van der Waals surface area contributed by atoms with Gasteiger partial charge in [0.05, 0.1) is 13.2 Å². The van der Waals surface area contributed by atoms with Gasteiger partial charge < -0.3 is 9.47 Å². The second-order valence-corrected chi connectivity index (χ2v) is 8.98. The predicted octanol–water partition coefficient (Wildman–Crippen LogP) is 7.00. The molecule has 1 saturated heterocycles. The third-order valence-corrected chi connectivity index (χ3v) is 6.80. The SMILES string of the molecule is CCCCCC1(C)CCC(c2ccc(C3OCC(CC)CO3)cc2)CC1. The second-order valence-electron chi connectivity index (χ2n) is 8.98. The zero-order valence-corrected chi connectivity index (χ0v) is 17.1. The van der Waals surface area contributed by atoms with E-state index in [4.69, 9.17) is 9.47 Å². The maximum absolute atomic E-state index is 5.90. The van der Waals surface area contributed by atoms with Crippen molar-refractivity contribution in [3.8, 4) is 0 Å². The lowest BCUT2D eigenvalue weighted by Gasteiger charge is -2.38. The van der Waals surface area contributed by atoms with Crippen molar-refractivity contribution in [2.75, 3.05) is 13.2 Å². The van der Waals surface area contributed by atoms with Gasteiger partial charge in [0, 0.05) is 11.5 Å². The summed E-state index contributed by atoms with van der Waals surface area (Å²) in [7, 11) is 0. The molecule has 1 saturated carbocycles. The van der Waals surface area contributed by atoms with Gasteiger partial charge in [-0.2, -0.15) is 0 Å². The molecule has 1 aromatic rings. The first-order chi connectivity index (χ1) is 12.6. The summed E-state index contributed by atoms with van der Waals surface area (Å²) in [5, 5.41) is 0. The van der Waals surface area contributed by atoms with Crippen molar-refractivity contribution in [2.24, 2.45) is 11.3 Å². The maximum Gasteiger partial charge on any atom is 0.183 e. The maximum atomic E-state index is 5.90. The van der Waals surface area contributed by atoms with E-state index in [1.54, 1.807) is 0 Å². The molecule has 1 heterocycles. The first kappa shape index (κ1) is 19.9. The molecule has 26 heavy (non-hydrogen) atoms. The highest BCUT2D eigenvalue weighted by atomic mass is 16.7. The fraction of sp³-hybridized carbons (Fsp3) is 0.750. The van der Waals surface area contributed by atoms with Crippen LogP contribution in [0.5, 0.6) is 0 Å². The molecule has 0 bridgehead atoms. The van der Waals surface area contributed by atoms with Crippen molar-refractivity contribution in [2.45, 2.75) is 90.8 Å². The van der Waals surface area contributed by atoms with Crippen molar-refractivity contribution < 1.29 is 9.47 Å². The Morgan fingerprint density at radius 1 is 0.923 bits per heavy atom. The van der Waals surface area contributed by atoms with E-state index in [0.717, 1.165) is 25.6 Å². The van der Waals surface area contributed by atoms with Gasteiger partial charge in [-0.1, -0.05) is 64.3 Å². The van der Waals surface area contributed by atoms with E-state index in [2.05, 4.69) is 45.0 Å². The van der Waals surface area contributed by atoms with Crippen LogP contribution in [0.15, 0.2) is 24.3 Å². The molecule has 3 rings (SSSR count). The van der Waals surface area contributed by atoms with Crippen LogP contribution in [-0.2, 0) is 9.47 Å². The molecule has 0 spiro atoms. The number of unbranched alkanes of at least 4 members (excludes halogenated alkanes) is 2. The summed E-state index contributed by atoms with van der Waals surface area (Å²) in [6.07, 6.45) is 12.0. The summed E-state index contributed by atoms with van der Waals surface area (Å²) >= 11 is 0. The van der Waals surface area contributed by atoms with Gasteiger partial charge in [-0.25, -0.2) is 0 Å². The van der Waals surface area contributed by atoms with Crippen LogP contribution in [0, 0.1) is 11.3 Å². The fourth-order valence-electron chi connectivity index (χ4n) is 4.60. The van der Waals surface area contributed by atoms with E-state index in [9.17, 15) is 0 Å². The van der Waals surface area contributed by atoms with Crippen LogP contribution in [0.1, 0.15) is 102 Å². The van der Waals surface area contributed by atoms with Gasteiger partial charge in [-0.05, 0) is 55.4 Å². The Kier molecular flexibility index (Phi) is 7.17. The largest absolute Gasteiger partial charge is 0.348 e. The van der Waals surface area contributed by atoms with Crippen LogP contribution in [0.2, 0.25) is 0 Å². The van der Waals surface area contributed by atoms with Crippen LogP contribution in [-0.4, -0.2) is 13.2 Å². The molecule has 0 unspecified atom stereocenters. The normalized spacial score (nSPS) is 32.5. The molecular formula is C24H38O2. The minimum Gasteiger partial charge on any atom is -0.348 e. The number of rotatable bonds is 7. The van der Waals surface area contributed by atoms with Crippen molar-refractivity contribution in [3.63, 3.8) is 0 Å². The molecule has 0 aromatic heterocycles. The van der Waals surface area contributed by atoms with Gasteiger partial charge >= 0.3 is 0 Å². The molecule has 0 amide bonds. The van der Waals surface area contributed by atoms with Gasteiger partial charge in [0.25, 0.3) is 0 Å². The monoisotopic (exact) mass is 358 g/mol. The van der Waals surface area contributed by atoms with Gasteiger partial charge in [-0.3, -0.25) is 0 Å². The van der Waals surface area contributed by atoms with Gasteiger partial charge in [0.2, 0.25) is 0 Å². The molecule has 1 aromatic carbocycles. The highest BCUT2D eigenvalue weighted by Gasteiger charge is 2.31. The van der Waals surface area contributed by atoms with E-state index in [1.807, 2.05) is 0 Å². The molecule has 146 valence electrons. The van der Waals surface area contributed by atoms with E-state index < -0.39 is 0 Å². The molecule has 2 heteroatoms. The quantitative estimate of drug-likeness (QED) is 0.488. The van der Waals surface area contributed by atoms with Crippen LogP contribution in [0.3, 0.4) is 0 Å². The smallest absolute Gasteiger partial charge is 0.183 e. The molecule has 0 atom stereocenters. The predicted molar refractivity (Wildman–Crippen MR) is 108 cm³/mol. The summed E-state index contributed by atoms with van der Waals surface area (Å²) in [6.45, 7) is 8.66. The van der Waals surface area contributed by atoms with Crippen molar-refractivity contribution in [3.05, 3.63) is 35.4 Å². The summed E-state index contributed by atoms with van der Waals surface area (Å²) in [4.78, 5) is 0. The van der Waals surface area contributed by atoms with E-state index in [0.29, 0.717) is 11.3 Å².